The molecule has 1 heterocycles. The van der Waals surface area contributed by atoms with E-state index in [0.29, 0.717) is 27.9 Å². The maximum Gasteiger partial charge on any atom is 0.265 e. The van der Waals surface area contributed by atoms with Gasteiger partial charge in [0, 0.05) is 22.5 Å². The summed E-state index contributed by atoms with van der Waals surface area (Å²) in [5.74, 6) is 0.304. The Balaban J connectivity index is 1.84. The van der Waals surface area contributed by atoms with Crippen molar-refractivity contribution in [2.45, 2.75) is 12.5 Å². The third-order valence-corrected chi connectivity index (χ3v) is 3.79. The van der Waals surface area contributed by atoms with Crippen LogP contribution < -0.4 is 10.1 Å². The van der Waals surface area contributed by atoms with Crippen LogP contribution in [0, 0.1) is 0 Å². The normalized spacial score (nSPS) is 16.9. The van der Waals surface area contributed by atoms with Crippen molar-refractivity contribution in [1.29, 1.82) is 0 Å². The molecule has 4 nitrogen and oxygen atoms in total. The first-order chi connectivity index (χ1) is 10.0. The Bertz CT molecular complexity index is 718. The summed E-state index contributed by atoms with van der Waals surface area (Å²) in [7, 11) is 0. The van der Waals surface area contributed by atoms with E-state index in [9.17, 15) is 9.90 Å². The average molecular weight is 324 g/mol. The van der Waals surface area contributed by atoms with Crippen LogP contribution in [-0.2, 0) is 11.2 Å². The number of carbonyl (C=O) groups excluding carboxylic acids is 1. The van der Waals surface area contributed by atoms with Gasteiger partial charge in [-0.2, -0.15) is 0 Å². The van der Waals surface area contributed by atoms with E-state index >= 15 is 0 Å². The molecule has 1 unspecified atom stereocenters. The van der Waals surface area contributed by atoms with E-state index in [-0.39, 0.29) is 11.7 Å². The first-order valence-corrected chi connectivity index (χ1v) is 7.03. The molecule has 1 atom stereocenters. The molecule has 0 bridgehead atoms. The van der Waals surface area contributed by atoms with Crippen LogP contribution in [0.4, 0.5) is 5.69 Å². The molecule has 0 radical (unpaired) electrons. The second kappa shape index (κ2) is 5.47. The molecule has 0 aliphatic carbocycles. The first kappa shape index (κ1) is 14.0. The van der Waals surface area contributed by atoms with Gasteiger partial charge in [-0.25, -0.2) is 0 Å². The summed E-state index contributed by atoms with van der Waals surface area (Å²) in [6.45, 7) is 0. The molecule has 3 rings (SSSR count). The number of aromatic hydroxyl groups is 1. The molecule has 1 aliphatic rings. The van der Waals surface area contributed by atoms with Crippen LogP contribution in [0.2, 0.25) is 10.0 Å². The minimum Gasteiger partial charge on any atom is -0.508 e. The average Bonchev–Trinajstić information content (AvgIpc) is 2.42. The Labute approximate surface area is 131 Å². The summed E-state index contributed by atoms with van der Waals surface area (Å²) in [6, 6.07) is 9.68. The predicted octanol–water partition coefficient (Wildman–Crippen LogP) is 3.64. The van der Waals surface area contributed by atoms with Gasteiger partial charge in [0.15, 0.2) is 6.10 Å². The van der Waals surface area contributed by atoms with Gasteiger partial charge in [0.25, 0.3) is 5.91 Å². The van der Waals surface area contributed by atoms with Gasteiger partial charge in [-0.05, 0) is 29.8 Å². The molecule has 1 amide bonds. The number of rotatable bonds is 2. The summed E-state index contributed by atoms with van der Waals surface area (Å²) in [4.78, 5) is 12.1. The Morgan fingerprint density at radius 2 is 2.00 bits per heavy atom. The van der Waals surface area contributed by atoms with Gasteiger partial charge >= 0.3 is 0 Å². The Morgan fingerprint density at radius 3 is 2.76 bits per heavy atom. The van der Waals surface area contributed by atoms with E-state index in [4.69, 9.17) is 27.9 Å². The van der Waals surface area contributed by atoms with E-state index in [2.05, 4.69) is 5.32 Å². The second-order valence-corrected chi connectivity index (χ2v) is 5.56. The van der Waals surface area contributed by atoms with E-state index in [1.54, 1.807) is 24.3 Å². The predicted molar refractivity (Wildman–Crippen MR) is 81.3 cm³/mol. The Hall–Kier alpha value is -1.91. The maximum atomic E-state index is 12.1. The van der Waals surface area contributed by atoms with E-state index in [1.807, 2.05) is 0 Å². The van der Waals surface area contributed by atoms with Crippen molar-refractivity contribution >= 4 is 34.8 Å². The molecule has 21 heavy (non-hydrogen) atoms. The largest absolute Gasteiger partial charge is 0.508 e. The zero-order valence-corrected chi connectivity index (χ0v) is 12.3. The number of phenols is 1. The topological polar surface area (TPSA) is 58.6 Å². The number of halogens is 2. The van der Waals surface area contributed by atoms with Gasteiger partial charge in [-0.3, -0.25) is 4.79 Å². The lowest BCUT2D eigenvalue weighted by atomic mass is 10.1. The minimum absolute atomic E-state index is 0.0665. The van der Waals surface area contributed by atoms with Crippen molar-refractivity contribution in [2.75, 3.05) is 5.32 Å². The smallest absolute Gasteiger partial charge is 0.265 e. The molecule has 108 valence electrons. The van der Waals surface area contributed by atoms with E-state index < -0.39 is 6.10 Å². The molecular weight excluding hydrogens is 313 g/mol. The summed E-state index contributed by atoms with van der Waals surface area (Å²) in [5.41, 5.74) is 1.24. The van der Waals surface area contributed by atoms with Crippen molar-refractivity contribution in [3.05, 3.63) is 52.0 Å². The Morgan fingerprint density at radius 1 is 1.19 bits per heavy atom. The van der Waals surface area contributed by atoms with E-state index in [1.165, 1.54) is 12.1 Å². The van der Waals surface area contributed by atoms with Crippen LogP contribution >= 0.6 is 23.2 Å². The molecular formula is C15H11Cl2NO3. The summed E-state index contributed by atoms with van der Waals surface area (Å²) >= 11 is 12.0. The van der Waals surface area contributed by atoms with Crippen LogP contribution in [0.5, 0.6) is 11.5 Å². The van der Waals surface area contributed by atoms with E-state index in [0.717, 1.165) is 5.56 Å². The molecule has 0 spiro atoms. The van der Waals surface area contributed by atoms with Crippen LogP contribution in [-0.4, -0.2) is 17.1 Å². The van der Waals surface area contributed by atoms with Gasteiger partial charge in [0.2, 0.25) is 0 Å². The highest BCUT2D eigenvalue weighted by atomic mass is 35.5. The van der Waals surface area contributed by atoms with Gasteiger partial charge in [-0.1, -0.05) is 29.3 Å². The molecule has 2 N–H and O–H groups in total. The van der Waals surface area contributed by atoms with Crippen molar-refractivity contribution in [2.24, 2.45) is 0 Å². The standard InChI is InChI=1S/C15H11Cl2NO3/c16-9-2-1-8(11(17)6-9)5-14-15(20)18-12-7-10(19)3-4-13(12)21-14/h1-4,6-7,14,19H,5H2,(H,18,20). The Kier molecular flexibility index (Phi) is 3.66. The number of carbonyl (C=O) groups is 1. The fourth-order valence-corrected chi connectivity index (χ4v) is 2.65. The molecule has 1 aliphatic heterocycles. The van der Waals surface area contributed by atoms with Crippen LogP contribution in [0.15, 0.2) is 36.4 Å². The maximum absolute atomic E-state index is 12.1. The van der Waals surface area contributed by atoms with Gasteiger partial charge in [-0.15, -0.1) is 0 Å². The van der Waals surface area contributed by atoms with Crippen molar-refractivity contribution in [3.63, 3.8) is 0 Å². The number of ether oxygens (including phenoxy) is 1. The monoisotopic (exact) mass is 323 g/mol. The lowest BCUT2D eigenvalue weighted by molar-refractivity contribution is -0.123. The summed E-state index contributed by atoms with van der Waals surface area (Å²) in [5, 5.41) is 13.1. The minimum atomic E-state index is -0.680. The van der Waals surface area contributed by atoms with Crippen LogP contribution in [0.25, 0.3) is 0 Å². The number of hydrogen-bond donors (Lipinski definition) is 2. The lowest BCUT2D eigenvalue weighted by Gasteiger charge is -2.26. The molecule has 6 heteroatoms. The summed E-state index contributed by atoms with van der Waals surface area (Å²) in [6.07, 6.45) is -0.344. The number of benzene rings is 2. The number of hydrogen-bond acceptors (Lipinski definition) is 3. The zero-order chi connectivity index (χ0) is 15.0. The third-order valence-electron chi connectivity index (χ3n) is 3.20. The molecule has 0 saturated heterocycles. The lowest BCUT2D eigenvalue weighted by Crippen LogP contribution is -2.38. The zero-order valence-electron chi connectivity index (χ0n) is 10.8. The van der Waals surface area contributed by atoms with Gasteiger partial charge in [0.05, 0.1) is 5.69 Å². The summed E-state index contributed by atoms with van der Waals surface area (Å²) < 4.78 is 5.67. The highest BCUT2D eigenvalue weighted by Gasteiger charge is 2.28. The number of nitrogens with one attached hydrogen (secondary N) is 1. The SMILES string of the molecule is O=C1Nc2cc(O)ccc2OC1Cc1ccc(Cl)cc1Cl. The van der Waals surface area contributed by atoms with Crippen molar-refractivity contribution in [1.82, 2.24) is 0 Å². The number of anilines is 1. The quantitative estimate of drug-likeness (QED) is 0.887. The molecule has 2 aromatic rings. The molecule has 0 aromatic heterocycles. The molecule has 0 fully saturated rings. The van der Waals surface area contributed by atoms with Gasteiger partial charge < -0.3 is 15.2 Å². The fourth-order valence-electron chi connectivity index (χ4n) is 2.16. The van der Waals surface area contributed by atoms with Crippen molar-refractivity contribution in [3.8, 4) is 11.5 Å². The second-order valence-electron chi connectivity index (χ2n) is 4.72. The fraction of sp³-hybridized carbons (Fsp3) is 0.133. The number of fused-ring (bicyclic) bond motifs is 1. The number of amides is 1. The molecule has 2 aromatic carbocycles. The molecule has 0 saturated carbocycles. The number of phenolic OH excluding ortho intramolecular Hbond substituents is 1. The highest BCUT2D eigenvalue weighted by Crippen LogP contribution is 2.34. The van der Waals surface area contributed by atoms with Crippen molar-refractivity contribution < 1.29 is 14.6 Å². The third kappa shape index (κ3) is 2.91. The van der Waals surface area contributed by atoms with Crippen LogP contribution in [0.1, 0.15) is 5.56 Å². The van der Waals surface area contributed by atoms with Gasteiger partial charge in [0.1, 0.15) is 11.5 Å². The highest BCUT2D eigenvalue weighted by molar-refractivity contribution is 6.35. The van der Waals surface area contributed by atoms with Crippen LogP contribution in [0.3, 0.4) is 0 Å². The first-order valence-electron chi connectivity index (χ1n) is 6.27.